The van der Waals surface area contributed by atoms with Crippen LogP contribution in [0.25, 0.3) is 0 Å². The quantitative estimate of drug-likeness (QED) is 0.442. The third kappa shape index (κ3) is 1.34. The van der Waals surface area contributed by atoms with Crippen molar-refractivity contribution < 1.29 is 4.92 Å². The minimum Gasteiger partial charge on any atom is -0.393 e. The molecule has 0 atom stereocenters. The van der Waals surface area contributed by atoms with E-state index in [1.807, 2.05) is 0 Å². The molecule has 1 aromatic heterocycles. The molecule has 1 heterocycles. The molecule has 0 fully saturated rings. The maximum Gasteiger partial charge on any atom is 0.310 e. The van der Waals surface area contributed by atoms with E-state index in [4.69, 9.17) is 11.5 Å². The maximum absolute atomic E-state index is 10.2. The molecule has 6 heteroatoms. The van der Waals surface area contributed by atoms with E-state index in [1.165, 1.54) is 6.07 Å². The number of hydrogen-bond acceptors (Lipinski definition) is 5. The topological polar surface area (TPSA) is 108 Å². The Morgan fingerprint density at radius 3 is 2.64 bits per heavy atom. The van der Waals surface area contributed by atoms with Crippen molar-refractivity contribution in [3.8, 4) is 0 Å². The molecule has 0 unspecified atom stereocenters. The van der Waals surface area contributed by atoms with Crippen molar-refractivity contribution in [1.29, 1.82) is 0 Å². The summed E-state index contributed by atoms with van der Waals surface area (Å²) in [7, 11) is 0. The van der Waals surface area contributed by atoms with Gasteiger partial charge in [0.05, 0.1) is 4.92 Å². The van der Waals surface area contributed by atoms with E-state index in [0.29, 0.717) is 0 Å². The van der Waals surface area contributed by atoms with E-state index in [2.05, 4.69) is 4.98 Å². The fraction of sp³-hybridized carbons (Fsp3) is 0. The van der Waals surface area contributed by atoms with Crippen LogP contribution in [-0.2, 0) is 0 Å². The summed E-state index contributed by atoms with van der Waals surface area (Å²) in [6, 6.07) is 1.25. The lowest BCUT2D eigenvalue weighted by molar-refractivity contribution is -0.384. The van der Waals surface area contributed by atoms with Gasteiger partial charge in [-0.3, -0.25) is 10.1 Å². The highest BCUT2D eigenvalue weighted by Gasteiger charge is 2.10. The Morgan fingerprint density at radius 1 is 1.55 bits per heavy atom. The second-order valence-corrected chi connectivity index (χ2v) is 1.93. The summed E-state index contributed by atoms with van der Waals surface area (Å²) in [4.78, 5) is 13.1. The van der Waals surface area contributed by atoms with Gasteiger partial charge in [-0.15, -0.1) is 0 Å². The van der Waals surface area contributed by atoms with Crippen molar-refractivity contribution in [2.45, 2.75) is 0 Å². The van der Waals surface area contributed by atoms with Gasteiger partial charge in [-0.1, -0.05) is 0 Å². The van der Waals surface area contributed by atoms with Crippen LogP contribution in [0.4, 0.5) is 17.2 Å². The van der Waals surface area contributed by atoms with Crippen LogP contribution in [0.15, 0.2) is 12.3 Å². The average Bonchev–Trinajstić information content (AvgIpc) is 1.85. The number of nitrogens with two attached hydrogens (primary N) is 2. The van der Waals surface area contributed by atoms with Crippen molar-refractivity contribution in [2.24, 2.45) is 0 Å². The number of aromatic nitrogens is 1. The molecule has 0 aliphatic heterocycles. The van der Waals surface area contributed by atoms with E-state index in [1.54, 1.807) is 0 Å². The van der Waals surface area contributed by atoms with Crippen molar-refractivity contribution in [3.05, 3.63) is 22.4 Å². The fourth-order valence-corrected chi connectivity index (χ4v) is 0.633. The second-order valence-electron chi connectivity index (χ2n) is 1.93. The summed E-state index contributed by atoms with van der Waals surface area (Å²) >= 11 is 0. The average molecular weight is 154 g/mol. The molecule has 0 aliphatic rings. The monoisotopic (exact) mass is 154 g/mol. The molecule has 0 saturated heterocycles. The molecule has 0 saturated carbocycles. The Bertz CT molecular complexity index is 299. The first-order valence-corrected chi connectivity index (χ1v) is 2.76. The number of nitrogen functional groups attached to an aromatic ring is 2. The third-order valence-electron chi connectivity index (χ3n) is 1.13. The lowest BCUT2D eigenvalue weighted by atomic mass is 10.3. The van der Waals surface area contributed by atoms with Crippen molar-refractivity contribution in [3.63, 3.8) is 0 Å². The standard InChI is InChI=1S/C5H6N4O2/c6-3-1-5(7)8-2-4(3)9(10)11/h1-2H,(H4,6,7,8). The van der Waals surface area contributed by atoms with Gasteiger partial charge in [0.25, 0.3) is 0 Å². The SMILES string of the molecule is Nc1cc(N)c([N+](=O)[O-])cn1. The van der Waals surface area contributed by atoms with Gasteiger partial charge >= 0.3 is 5.69 Å². The normalized spacial score (nSPS) is 9.45. The molecule has 6 nitrogen and oxygen atoms in total. The number of hydrogen-bond donors (Lipinski definition) is 2. The molecule has 0 radical (unpaired) electrons. The largest absolute Gasteiger partial charge is 0.393 e. The van der Waals surface area contributed by atoms with Crippen LogP contribution < -0.4 is 11.5 Å². The summed E-state index contributed by atoms with van der Waals surface area (Å²) in [5.74, 6) is 0.174. The molecule has 0 aromatic carbocycles. The molecule has 0 amide bonds. The maximum atomic E-state index is 10.2. The summed E-state index contributed by atoms with van der Waals surface area (Å²) in [5.41, 5.74) is 10.3. The number of anilines is 2. The first kappa shape index (κ1) is 7.26. The molecule has 0 bridgehead atoms. The Balaban J connectivity index is 3.20. The molecule has 0 spiro atoms. The number of nitro groups is 1. The molecule has 58 valence electrons. The van der Waals surface area contributed by atoms with Crippen LogP contribution in [-0.4, -0.2) is 9.91 Å². The highest BCUT2D eigenvalue weighted by atomic mass is 16.6. The first-order chi connectivity index (χ1) is 5.11. The van der Waals surface area contributed by atoms with Crippen molar-refractivity contribution in [1.82, 2.24) is 4.98 Å². The zero-order valence-electron chi connectivity index (χ0n) is 5.52. The predicted molar refractivity (Wildman–Crippen MR) is 39.7 cm³/mol. The van der Waals surface area contributed by atoms with Gasteiger partial charge in [-0.05, 0) is 0 Å². The van der Waals surface area contributed by atoms with Crippen LogP contribution in [0.3, 0.4) is 0 Å². The molecule has 1 aromatic rings. The zero-order chi connectivity index (χ0) is 8.43. The second kappa shape index (κ2) is 2.41. The Kier molecular flexibility index (Phi) is 1.59. The van der Waals surface area contributed by atoms with Gasteiger partial charge in [-0.25, -0.2) is 4.98 Å². The molecule has 0 aliphatic carbocycles. The summed E-state index contributed by atoms with van der Waals surface area (Å²) in [6.07, 6.45) is 1.03. The minimum absolute atomic E-state index is 0.0301. The van der Waals surface area contributed by atoms with Gasteiger partial charge in [0.15, 0.2) is 0 Å². The first-order valence-electron chi connectivity index (χ1n) is 2.76. The van der Waals surface area contributed by atoms with E-state index in [0.717, 1.165) is 6.20 Å². The smallest absolute Gasteiger partial charge is 0.310 e. The predicted octanol–water partition coefficient (Wildman–Crippen LogP) is 0.154. The summed E-state index contributed by atoms with van der Waals surface area (Å²) in [5, 5.41) is 10.2. The minimum atomic E-state index is -0.609. The van der Waals surface area contributed by atoms with Gasteiger partial charge in [0.1, 0.15) is 17.7 Å². The Morgan fingerprint density at radius 2 is 2.18 bits per heavy atom. The summed E-state index contributed by atoms with van der Waals surface area (Å²) < 4.78 is 0. The zero-order valence-corrected chi connectivity index (χ0v) is 5.52. The third-order valence-corrected chi connectivity index (χ3v) is 1.13. The van der Waals surface area contributed by atoms with E-state index in [-0.39, 0.29) is 17.2 Å². The summed E-state index contributed by atoms with van der Waals surface area (Å²) in [6.45, 7) is 0. The van der Waals surface area contributed by atoms with Crippen LogP contribution in [0, 0.1) is 10.1 Å². The Hall–Kier alpha value is -1.85. The molecule has 1 rings (SSSR count). The van der Waals surface area contributed by atoms with Crippen LogP contribution in [0.2, 0.25) is 0 Å². The van der Waals surface area contributed by atoms with Gasteiger partial charge in [0.2, 0.25) is 0 Å². The number of rotatable bonds is 1. The highest BCUT2D eigenvalue weighted by molar-refractivity contribution is 5.60. The van der Waals surface area contributed by atoms with E-state index in [9.17, 15) is 10.1 Å². The molecule has 11 heavy (non-hydrogen) atoms. The molecular weight excluding hydrogens is 148 g/mol. The van der Waals surface area contributed by atoms with Gasteiger partial charge in [-0.2, -0.15) is 0 Å². The van der Waals surface area contributed by atoms with Gasteiger partial charge in [0, 0.05) is 6.07 Å². The van der Waals surface area contributed by atoms with E-state index < -0.39 is 4.92 Å². The Labute approximate surface area is 62.0 Å². The van der Waals surface area contributed by atoms with Crippen molar-refractivity contribution in [2.75, 3.05) is 11.5 Å². The van der Waals surface area contributed by atoms with Gasteiger partial charge < -0.3 is 11.5 Å². The molecular formula is C5H6N4O2. The lowest BCUT2D eigenvalue weighted by Crippen LogP contribution is -1.98. The van der Waals surface area contributed by atoms with E-state index >= 15 is 0 Å². The molecule has 4 N–H and O–H groups in total. The van der Waals surface area contributed by atoms with Crippen LogP contribution >= 0.6 is 0 Å². The van der Waals surface area contributed by atoms with Crippen molar-refractivity contribution >= 4 is 17.2 Å². The fourth-order valence-electron chi connectivity index (χ4n) is 0.633. The highest BCUT2D eigenvalue weighted by Crippen LogP contribution is 2.20. The lowest BCUT2D eigenvalue weighted by Gasteiger charge is -1.95. The number of pyridine rings is 1. The number of nitrogens with zero attached hydrogens (tertiary/aromatic N) is 2. The van der Waals surface area contributed by atoms with Crippen LogP contribution in [0.1, 0.15) is 0 Å². The van der Waals surface area contributed by atoms with Crippen LogP contribution in [0.5, 0.6) is 0 Å².